The second-order valence-corrected chi connectivity index (χ2v) is 11.0. The lowest BCUT2D eigenvalue weighted by Gasteiger charge is -2.46. The van der Waals surface area contributed by atoms with Gasteiger partial charge in [-0.3, -0.25) is 9.89 Å². The van der Waals surface area contributed by atoms with Crippen molar-refractivity contribution in [3.8, 4) is 5.69 Å². The fourth-order valence-corrected chi connectivity index (χ4v) is 6.67. The van der Waals surface area contributed by atoms with Crippen molar-refractivity contribution in [3.05, 3.63) is 48.0 Å². The summed E-state index contributed by atoms with van der Waals surface area (Å²) in [5.41, 5.74) is 3.53. The molecule has 35 heavy (non-hydrogen) atoms. The lowest BCUT2D eigenvalue weighted by Crippen LogP contribution is -2.60. The molecule has 1 aromatic carbocycles. The van der Waals surface area contributed by atoms with E-state index >= 15 is 0 Å². The SMILES string of the molecule is C=NC[C@@]1(c2ccc3cnn(-c4cc(F)nc(N5CCN(C6COC6)[C@@H](C)C5)c4)c3c2)CC12CC2. The van der Waals surface area contributed by atoms with E-state index in [0.717, 1.165) is 50.3 Å². The molecule has 2 saturated heterocycles. The number of anilines is 1. The quantitative estimate of drug-likeness (QED) is 0.404. The molecular formula is C27H31FN6O. The van der Waals surface area contributed by atoms with Crippen LogP contribution in [0.4, 0.5) is 10.2 Å². The number of aliphatic imine (C=N–C) groups is 1. The van der Waals surface area contributed by atoms with Crippen LogP contribution < -0.4 is 4.90 Å². The van der Waals surface area contributed by atoms with E-state index in [1.807, 2.05) is 16.9 Å². The van der Waals surface area contributed by atoms with Crippen molar-refractivity contribution in [2.45, 2.75) is 43.7 Å². The maximum absolute atomic E-state index is 14.8. The topological polar surface area (TPSA) is 58.8 Å². The van der Waals surface area contributed by atoms with Crippen molar-refractivity contribution < 1.29 is 9.13 Å². The van der Waals surface area contributed by atoms with Crippen molar-refractivity contribution >= 4 is 23.4 Å². The number of pyridine rings is 1. The highest BCUT2D eigenvalue weighted by Crippen LogP contribution is 2.78. The number of nitrogens with zero attached hydrogens (tertiary/aromatic N) is 6. The van der Waals surface area contributed by atoms with E-state index in [1.165, 1.54) is 30.9 Å². The first-order valence-corrected chi connectivity index (χ1v) is 12.7. The van der Waals surface area contributed by atoms with Crippen LogP contribution in [0.5, 0.6) is 0 Å². The molecule has 7 rings (SSSR count). The number of halogens is 1. The highest BCUT2D eigenvalue weighted by molar-refractivity contribution is 5.82. The van der Waals surface area contributed by atoms with E-state index < -0.39 is 5.95 Å². The largest absolute Gasteiger partial charge is 0.378 e. The van der Waals surface area contributed by atoms with Crippen LogP contribution in [0, 0.1) is 11.4 Å². The first-order chi connectivity index (χ1) is 17.0. The molecule has 0 radical (unpaired) electrons. The van der Waals surface area contributed by atoms with Gasteiger partial charge in [-0.25, -0.2) is 9.67 Å². The summed E-state index contributed by atoms with van der Waals surface area (Å²) in [6.07, 6.45) is 5.59. The van der Waals surface area contributed by atoms with Gasteiger partial charge >= 0.3 is 0 Å². The Bertz CT molecular complexity index is 1310. The van der Waals surface area contributed by atoms with Crippen LogP contribution in [-0.2, 0) is 10.2 Å². The van der Waals surface area contributed by atoms with E-state index in [-0.39, 0.29) is 5.41 Å². The molecule has 0 bridgehead atoms. The molecule has 2 aromatic heterocycles. The normalized spacial score (nSPS) is 27.8. The van der Waals surface area contributed by atoms with E-state index in [0.29, 0.717) is 29.0 Å². The Labute approximate surface area is 204 Å². The van der Waals surface area contributed by atoms with Gasteiger partial charge in [0.1, 0.15) is 5.82 Å². The summed E-state index contributed by atoms with van der Waals surface area (Å²) < 4.78 is 22.0. The first-order valence-electron chi connectivity index (χ1n) is 12.7. The number of rotatable bonds is 6. The molecule has 7 nitrogen and oxygen atoms in total. The maximum atomic E-state index is 14.8. The second-order valence-electron chi connectivity index (χ2n) is 11.0. The Hall–Kier alpha value is -2.84. The van der Waals surface area contributed by atoms with Crippen molar-refractivity contribution in [2.75, 3.05) is 44.3 Å². The Morgan fingerprint density at radius 2 is 2.06 bits per heavy atom. The molecule has 4 heterocycles. The van der Waals surface area contributed by atoms with Crippen LogP contribution in [0.25, 0.3) is 16.6 Å². The molecule has 8 heteroatoms. The number of aromatic nitrogens is 3. The summed E-state index contributed by atoms with van der Waals surface area (Å²) >= 11 is 0. The lowest BCUT2D eigenvalue weighted by molar-refractivity contribution is -0.0793. The fourth-order valence-electron chi connectivity index (χ4n) is 6.67. The number of ether oxygens (including phenoxy) is 1. The predicted molar refractivity (Wildman–Crippen MR) is 134 cm³/mol. The van der Waals surface area contributed by atoms with Crippen LogP contribution >= 0.6 is 0 Å². The van der Waals surface area contributed by atoms with Gasteiger partial charge in [0, 0.05) is 55.2 Å². The van der Waals surface area contributed by atoms with Crippen molar-refractivity contribution in [1.29, 1.82) is 0 Å². The second kappa shape index (κ2) is 7.58. The van der Waals surface area contributed by atoms with E-state index in [1.54, 1.807) is 0 Å². The summed E-state index contributed by atoms with van der Waals surface area (Å²) in [5.74, 6) is 0.189. The first kappa shape index (κ1) is 21.4. The highest BCUT2D eigenvalue weighted by Gasteiger charge is 2.74. The molecule has 2 aliphatic heterocycles. The number of hydrogen-bond acceptors (Lipinski definition) is 6. The predicted octanol–water partition coefficient (Wildman–Crippen LogP) is 3.59. The molecule has 4 aliphatic rings. The zero-order valence-electron chi connectivity index (χ0n) is 20.2. The minimum Gasteiger partial charge on any atom is -0.378 e. The van der Waals surface area contributed by atoms with Crippen molar-refractivity contribution in [1.82, 2.24) is 19.7 Å². The third kappa shape index (κ3) is 3.26. The summed E-state index contributed by atoms with van der Waals surface area (Å²) in [6.45, 7) is 11.0. The Morgan fingerprint density at radius 3 is 2.74 bits per heavy atom. The average molecular weight is 475 g/mol. The van der Waals surface area contributed by atoms with Gasteiger partial charge in [-0.15, -0.1) is 0 Å². The zero-order chi connectivity index (χ0) is 23.8. The molecule has 3 aromatic rings. The van der Waals surface area contributed by atoms with Crippen LogP contribution in [0.3, 0.4) is 0 Å². The van der Waals surface area contributed by atoms with Crippen LogP contribution in [0.1, 0.15) is 31.7 Å². The minimum absolute atomic E-state index is 0.105. The maximum Gasteiger partial charge on any atom is 0.216 e. The molecule has 2 aliphatic carbocycles. The number of hydrogen-bond donors (Lipinski definition) is 0. The lowest BCUT2D eigenvalue weighted by atomic mass is 9.91. The molecular weight excluding hydrogens is 443 g/mol. The van der Waals surface area contributed by atoms with Gasteiger partial charge in [0.25, 0.3) is 0 Å². The van der Waals surface area contributed by atoms with Crippen LogP contribution in [0.15, 0.2) is 41.5 Å². The monoisotopic (exact) mass is 474 g/mol. The highest BCUT2D eigenvalue weighted by atomic mass is 19.1. The van der Waals surface area contributed by atoms with Gasteiger partial charge < -0.3 is 9.64 Å². The van der Waals surface area contributed by atoms with Crippen molar-refractivity contribution in [2.24, 2.45) is 10.4 Å². The van der Waals surface area contributed by atoms with Gasteiger partial charge in [0.2, 0.25) is 5.95 Å². The smallest absolute Gasteiger partial charge is 0.216 e. The molecule has 0 unspecified atom stereocenters. The number of fused-ring (bicyclic) bond motifs is 1. The summed E-state index contributed by atoms with van der Waals surface area (Å²) in [7, 11) is 0. The third-order valence-electron chi connectivity index (χ3n) is 8.99. The van der Waals surface area contributed by atoms with Crippen LogP contribution in [0.2, 0.25) is 0 Å². The van der Waals surface area contributed by atoms with E-state index in [4.69, 9.17) is 4.74 Å². The zero-order valence-corrected chi connectivity index (χ0v) is 20.2. The van der Waals surface area contributed by atoms with E-state index in [2.05, 4.69) is 56.7 Å². The molecule has 4 fully saturated rings. The average Bonchev–Trinajstić information content (AvgIpc) is 3.67. The van der Waals surface area contributed by atoms with E-state index in [9.17, 15) is 4.39 Å². The Balaban J connectivity index is 1.21. The van der Waals surface area contributed by atoms with Gasteiger partial charge in [-0.2, -0.15) is 9.49 Å². The van der Waals surface area contributed by atoms with Gasteiger partial charge in [0.15, 0.2) is 0 Å². The Morgan fingerprint density at radius 1 is 1.20 bits per heavy atom. The number of benzene rings is 1. The summed E-state index contributed by atoms with van der Waals surface area (Å²) in [6, 6.07) is 10.9. The summed E-state index contributed by atoms with van der Waals surface area (Å²) in [5, 5.41) is 5.70. The van der Waals surface area contributed by atoms with Crippen LogP contribution in [-0.4, -0.2) is 77.9 Å². The molecule has 2 saturated carbocycles. The summed E-state index contributed by atoms with van der Waals surface area (Å²) in [4.78, 5) is 13.2. The Kier molecular flexibility index (Phi) is 4.64. The van der Waals surface area contributed by atoms with Gasteiger partial charge in [-0.05, 0) is 49.9 Å². The fraction of sp³-hybridized carbons (Fsp3) is 0.519. The minimum atomic E-state index is -0.480. The molecule has 0 N–H and O–H groups in total. The van der Waals surface area contributed by atoms with Crippen molar-refractivity contribution in [3.63, 3.8) is 0 Å². The third-order valence-corrected chi connectivity index (χ3v) is 8.99. The molecule has 1 spiro atoms. The van der Waals surface area contributed by atoms with Gasteiger partial charge in [-0.1, -0.05) is 12.1 Å². The standard InChI is InChI=1S/C27H31FN6O/c1-18-13-32(7-8-33(18)22-14-35-15-22)25-11-21(10-24(28)31-25)34-23-9-20(4-3-19(23)12-30-34)27(17-29-2)16-26(27)5-6-26/h3-4,9-12,18,22H,2,5-8,13-17H2,1H3/t18-,27+/m0/s1. The number of piperazine rings is 1. The molecule has 0 amide bonds. The van der Waals surface area contributed by atoms with Gasteiger partial charge in [0.05, 0.1) is 36.7 Å². The molecule has 182 valence electrons. The molecule has 2 atom stereocenters.